The Balaban J connectivity index is 1.73. The molecule has 0 spiro atoms. The van der Waals surface area contributed by atoms with Gasteiger partial charge in [0.2, 0.25) is 6.79 Å². The van der Waals surface area contributed by atoms with Gasteiger partial charge in [-0.2, -0.15) is 0 Å². The number of hydrogen-bond acceptors (Lipinski definition) is 5. The normalized spacial score (nSPS) is 14.5. The van der Waals surface area contributed by atoms with Crippen LogP contribution >= 0.6 is 0 Å². The second-order valence-electron chi connectivity index (χ2n) is 7.38. The third kappa shape index (κ3) is 2.50. The van der Waals surface area contributed by atoms with E-state index in [1.807, 2.05) is 18.2 Å². The molecule has 0 saturated carbocycles. The Morgan fingerprint density at radius 3 is 2.64 bits per heavy atom. The molecule has 28 heavy (non-hydrogen) atoms. The van der Waals surface area contributed by atoms with Crippen molar-refractivity contribution in [2.45, 2.75) is 26.7 Å². The van der Waals surface area contributed by atoms with Crippen molar-refractivity contribution in [3.8, 4) is 17.2 Å². The summed E-state index contributed by atoms with van der Waals surface area (Å²) in [6.07, 6.45) is 1.83. The van der Waals surface area contributed by atoms with Crippen LogP contribution in [0, 0.1) is 13.8 Å². The number of fused-ring (bicyclic) bond motifs is 3. The number of rotatable bonds is 3. The van der Waals surface area contributed by atoms with Gasteiger partial charge < -0.3 is 19.5 Å². The number of methoxy groups -OCH3 is 1. The summed E-state index contributed by atoms with van der Waals surface area (Å²) < 4.78 is 16.7. The van der Waals surface area contributed by atoms with Gasteiger partial charge in [-0.3, -0.25) is 4.98 Å². The van der Waals surface area contributed by atoms with Crippen LogP contribution in [0.3, 0.4) is 0 Å². The highest BCUT2D eigenvalue weighted by Gasteiger charge is 2.25. The summed E-state index contributed by atoms with van der Waals surface area (Å²) in [6, 6.07) is 8.15. The third-order valence-electron chi connectivity index (χ3n) is 5.68. The molecule has 1 N–H and O–H groups in total. The minimum atomic E-state index is 0.245. The largest absolute Gasteiger partial charge is 0.496 e. The van der Waals surface area contributed by atoms with Crippen LogP contribution in [0.25, 0.3) is 16.5 Å². The molecule has 0 unspecified atom stereocenters. The highest BCUT2D eigenvalue weighted by Crippen LogP contribution is 2.45. The number of benzene rings is 2. The molecular formula is C23H22N2O3. The topological polar surface area (TPSA) is 52.6 Å². The second kappa shape index (κ2) is 6.16. The van der Waals surface area contributed by atoms with Crippen molar-refractivity contribution in [2.24, 2.45) is 0 Å². The zero-order chi connectivity index (χ0) is 19.4. The Bertz CT molecular complexity index is 1150. The predicted octanol–water partition coefficient (Wildman–Crippen LogP) is 5.29. The van der Waals surface area contributed by atoms with Gasteiger partial charge in [-0.1, -0.05) is 6.58 Å². The standard InChI is InChI=1S/C23H22N2O3/c1-12-5-6-17-22(12)23(24-15-7-13(2)14(3)19(8-15)26-4)16-9-20-21(28-11-27-20)10-18(16)25-17/h7-10H,1,5-6,11H2,2-4H3,(H,24,25). The minimum Gasteiger partial charge on any atom is -0.496 e. The van der Waals surface area contributed by atoms with Crippen molar-refractivity contribution < 1.29 is 14.2 Å². The van der Waals surface area contributed by atoms with Crippen LogP contribution in [0.1, 0.15) is 28.8 Å². The second-order valence-corrected chi connectivity index (χ2v) is 7.38. The van der Waals surface area contributed by atoms with Crippen LogP contribution in [0.5, 0.6) is 17.2 Å². The molecule has 5 heteroatoms. The number of pyridine rings is 1. The molecule has 3 aromatic rings. The summed E-state index contributed by atoms with van der Waals surface area (Å²) in [4.78, 5) is 4.89. The summed E-state index contributed by atoms with van der Waals surface area (Å²) >= 11 is 0. The Labute approximate surface area is 163 Å². The van der Waals surface area contributed by atoms with E-state index < -0.39 is 0 Å². The Kier molecular flexibility index (Phi) is 3.72. The first-order valence-electron chi connectivity index (χ1n) is 9.42. The molecule has 2 heterocycles. The van der Waals surface area contributed by atoms with E-state index >= 15 is 0 Å². The van der Waals surface area contributed by atoms with Gasteiger partial charge in [0, 0.05) is 28.8 Å². The highest BCUT2D eigenvalue weighted by molar-refractivity contribution is 6.02. The molecule has 0 saturated heterocycles. The van der Waals surface area contributed by atoms with Crippen LogP contribution in [-0.2, 0) is 6.42 Å². The zero-order valence-corrected chi connectivity index (χ0v) is 16.3. The molecule has 0 radical (unpaired) electrons. The number of anilines is 2. The van der Waals surface area contributed by atoms with Crippen molar-refractivity contribution in [1.82, 2.24) is 4.98 Å². The van der Waals surface area contributed by atoms with Crippen molar-refractivity contribution >= 4 is 27.9 Å². The maximum Gasteiger partial charge on any atom is 0.231 e. The van der Waals surface area contributed by atoms with Gasteiger partial charge in [-0.15, -0.1) is 0 Å². The fourth-order valence-electron chi connectivity index (χ4n) is 4.05. The van der Waals surface area contributed by atoms with Crippen LogP contribution < -0.4 is 19.5 Å². The van der Waals surface area contributed by atoms with Gasteiger partial charge in [0.05, 0.1) is 24.0 Å². The first-order chi connectivity index (χ1) is 13.5. The fraction of sp³-hybridized carbons (Fsp3) is 0.261. The van der Waals surface area contributed by atoms with E-state index in [1.54, 1.807) is 7.11 Å². The quantitative estimate of drug-likeness (QED) is 0.675. The Morgan fingerprint density at radius 2 is 1.86 bits per heavy atom. The summed E-state index contributed by atoms with van der Waals surface area (Å²) in [5.41, 5.74) is 8.52. The van der Waals surface area contributed by atoms with Gasteiger partial charge >= 0.3 is 0 Å². The number of aromatic nitrogens is 1. The van der Waals surface area contributed by atoms with E-state index in [-0.39, 0.29) is 6.79 Å². The van der Waals surface area contributed by atoms with Crippen LogP contribution in [0.4, 0.5) is 11.4 Å². The fourth-order valence-corrected chi connectivity index (χ4v) is 4.05. The predicted molar refractivity (Wildman–Crippen MR) is 111 cm³/mol. The monoisotopic (exact) mass is 374 g/mol. The molecule has 1 aromatic heterocycles. The molecule has 0 amide bonds. The van der Waals surface area contributed by atoms with Crippen molar-refractivity contribution in [1.29, 1.82) is 0 Å². The first-order valence-corrected chi connectivity index (χ1v) is 9.42. The lowest BCUT2D eigenvalue weighted by Crippen LogP contribution is -2.01. The summed E-state index contributed by atoms with van der Waals surface area (Å²) in [5, 5.41) is 4.64. The molecule has 0 atom stereocenters. The van der Waals surface area contributed by atoms with Crippen LogP contribution in [0.15, 0.2) is 30.8 Å². The average Bonchev–Trinajstić information content (AvgIpc) is 3.29. The van der Waals surface area contributed by atoms with Crippen molar-refractivity contribution in [2.75, 3.05) is 19.2 Å². The van der Waals surface area contributed by atoms with E-state index in [9.17, 15) is 0 Å². The summed E-state index contributed by atoms with van der Waals surface area (Å²) in [7, 11) is 1.70. The van der Waals surface area contributed by atoms with Gasteiger partial charge in [0.25, 0.3) is 0 Å². The Morgan fingerprint density at radius 1 is 1.07 bits per heavy atom. The molecule has 2 aliphatic rings. The third-order valence-corrected chi connectivity index (χ3v) is 5.68. The van der Waals surface area contributed by atoms with E-state index in [0.29, 0.717) is 0 Å². The van der Waals surface area contributed by atoms with Gasteiger partial charge in [-0.25, -0.2) is 0 Å². The number of ether oxygens (including phenoxy) is 3. The maximum atomic E-state index is 5.61. The lowest BCUT2D eigenvalue weighted by molar-refractivity contribution is 0.174. The van der Waals surface area contributed by atoms with Gasteiger partial charge in [0.1, 0.15) is 5.75 Å². The highest BCUT2D eigenvalue weighted by atomic mass is 16.7. The molecule has 5 rings (SSSR count). The molecule has 1 aliphatic carbocycles. The number of allylic oxidation sites excluding steroid dienone is 1. The molecule has 0 bridgehead atoms. The Hall–Kier alpha value is -3.21. The van der Waals surface area contributed by atoms with Crippen molar-refractivity contribution in [3.05, 3.63) is 53.2 Å². The smallest absolute Gasteiger partial charge is 0.231 e. The zero-order valence-electron chi connectivity index (χ0n) is 16.3. The summed E-state index contributed by atoms with van der Waals surface area (Å²) in [6.45, 7) is 8.69. The van der Waals surface area contributed by atoms with Crippen LogP contribution in [-0.4, -0.2) is 18.9 Å². The maximum absolute atomic E-state index is 5.61. The van der Waals surface area contributed by atoms with E-state index in [2.05, 4.69) is 31.8 Å². The van der Waals surface area contributed by atoms with Crippen LogP contribution in [0.2, 0.25) is 0 Å². The minimum absolute atomic E-state index is 0.245. The average molecular weight is 374 g/mol. The molecule has 1 aliphatic heterocycles. The summed E-state index contributed by atoms with van der Waals surface area (Å²) in [5.74, 6) is 2.36. The first kappa shape index (κ1) is 16.9. The van der Waals surface area contributed by atoms with Gasteiger partial charge in [-0.05, 0) is 55.5 Å². The van der Waals surface area contributed by atoms with E-state index in [1.165, 1.54) is 5.56 Å². The lowest BCUT2D eigenvalue weighted by atomic mass is 10.0. The van der Waals surface area contributed by atoms with E-state index in [0.717, 1.165) is 74.8 Å². The lowest BCUT2D eigenvalue weighted by Gasteiger charge is -2.18. The van der Waals surface area contributed by atoms with E-state index in [4.69, 9.17) is 19.2 Å². The number of nitrogens with zero attached hydrogens (tertiary/aromatic N) is 1. The van der Waals surface area contributed by atoms with Gasteiger partial charge in [0.15, 0.2) is 11.5 Å². The molecule has 142 valence electrons. The number of hydrogen-bond donors (Lipinski definition) is 1. The number of aryl methyl sites for hydroxylation is 2. The molecule has 5 nitrogen and oxygen atoms in total. The molecular weight excluding hydrogens is 352 g/mol. The molecule has 2 aromatic carbocycles. The number of nitrogens with one attached hydrogen (secondary N) is 1. The molecule has 0 fully saturated rings. The SMILES string of the molecule is C=C1CCc2nc3cc4c(cc3c(Nc3cc(C)c(C)c(OC)c3)c21)OCO4. The van der Waals surface area contributed by atoms with Crippen molar-refractivity contribution in [3.63, 3.8) is 0 Å².